The first-order chi connectivity index (χ1) is 11.6. The first-order valence-electron chi connectivity index (χ1n) is 9.92. The zero-order valence-corrected chi connectivity index (χ0v) is 15.0. The summed E-state index contributed by atoms with van der Waals surface area (Å²) in [5.74, 6) is 1.84. The second-order valence-corrected chi connectivity index (χ2v) is 8.09. The molecule has 2 saturated carbocycles. The lowest BCUT2D eigenvalue weighted by atomic mass is 9.65. The molecule has 24 heavy (non-hydrogen) atoms. The van der Waals surface area contributed by atoms with Crippen LogP contribution in [0, 0.1) is 23.7 Å². The van der Waals surface area contributed by atoms with Crippen molar-refractivity contribution in [2.24, 2.45) is 29.4 Å². The van der Waals surface area contributed by atoms with Crippen LogP contribution in [-0.4, -0.2) is 42.4 Å². The lowest BCUT2D eigenvalue weighted by molar-refractivity contribution is -0.141. The maximum absolute atomic E-state index is 12.9. The molecule has 1 saturated heterocycles. The minimum Gasteiger partial charge on any atom is -0.356 e. The normalized spacial score (nSPS) is 34.0. The van der Waals surface area contributed by atoms with Crippen molar-refractivity contribution < 1.29 is 9.59 Å². The summed E-state index contributed by atoms with van der Waals surface area (Å²) >= 11 is 0. The van der Waals surface area contributed by atoms with Crippen molar-refractivity contribution in [2.75, 3.05) is 19.6 Å². The fourth-order valence-corrected chi connectivity index (χ4v) is 5.00. The minimum absolute atomic E-state index is 0.0831. The molecule has 136 valence electrons. The first-order valence-corrected chi connectivity index (χ1v) is 9.92. The SMILES string of the molecule is CCCNC(=O)C1CCN(C(=O)C2CC3CCCC(C2)C3N)CC1. The van der Waals surface area contributed by atoms with E-state index in [4.69, 9.17) is 5.73 Å². The Morgan fingerprint density at radius 1 is 1.04 bits per heavy atom. The van der Waals surface area contributed by atoms with E-state index in [1.807, 2.05) is 4.90 Å². The van der Waals surface area contributed by atoms with Gasteiger partial charge in [-0.3, -0.25) is 9.59 Å². The van der Waals surface area contributed by atoms with Crippen LogP contribution in [-0.2, 0) is 9.59 Å². The summed E-state index contributed by atoms with van der Waals surface area (Å²) in [6, 6.07) is 0.316. The second-order valence-electron chi connectivity index (χ2n) is 8.09. The van der Waals surface area contributed by atoms with E-state index in [0.717, 1.165) is 51.7 Å². The molecular weight excluding hydrogens is 302 g/mol. The number of rotatable bonds is 4. The predicted molar refractivity (Wildman–Crippen MR) is 94.1 cm³/mol. The molecule has 0 aromatic carbocycles. The number of nitrogens with two attached hydrogens (primary N) is 1. The van der Waals surface area contributed by atoms with Crippen LogP contribution in [0.5, 0.6) is 0 Å². The molecule has 3 N–H and O–H groups in total. The Balaban J connectivity index is 1.49. The molecule has 0 spiro atoms. The van der Waals surface area contributed by atoms with E-state index in [1.54, 1.807) is 0 Å². The summed E-state index contributed by atoms with van der Waals surface area (Å²) in [5, 5.41) is 2.98. The number of carbonyl (C=O) groups excluding carboxylic acids is 2. The van der Waals surface area contributed by atoms with Crippen LogP contribution in [0.2, 0.25) is 0 Å². The van der Waals surface area contributed by atoms with E-state index in [1.165, 1.54) is 19.3 Å². The average molecular weight is 335 g/mol. The average Bonchev–Trinajstić information content (AvgIpc) is 2.59. The number of amides is 2. The zero-order chi connectivity index (χ0) is 17.1. The Morgan fingerprint density at radius 3 is 2.25 bits per heavy atom. The van der Waals surface area contributed by atoms with E-state index in [2.05, 4.69) is 12.2 Å². The van der Waals surface area contributed by atoms with Crippen LogP contribution < -0.4 is 11.1 Å². The summed E-state index contributed by atoms with van der Waals surface area (Å²) in [6.45, 7) is 4.29. The molecule has 1 heterocycles. The highest BCUT2D eigenvalue weighted by Crippen LogP contribution is 2.42. The maximum atomic E-state index is 12.9. The van der Waals surface area contributed by atoms with Gasteiger partial charge in [0.05, 0.1) is 0 Å². The van der Waals surface area contributed by atoms with Crippen molar-refractivity contribution in [1.29, 1.82) is 0 Å². The number of nitrogens with one attached hydrogen (secondary N) is 1. The van der Waals surface area contributed by atoms with Crippen LogP contribution in [0.4, 0.5) is 0 Å². The van der Waals surface area contributed by atoms with E-state index in [0.29, 0.717) is 23.8 Å². The third kappa shape index (κ3) is 3.76. The molecular formula is C19H33N3O2. The van der Waals surface area contributed by atoms with Gasteiger partial charge in [-0.15, -0.1) is 0 Å². The highest BCUT2D eigenvalue weighted by Gasteiger charge is 2.42. The van der Waals surface area contributed by atoms with Gasteiger partial charge in [0, 0.05) is 37.5 Å². The molecule has 2 aliphatic carbocycles. The van der Waals surface area contributed by atoms with Gasteiger partial charge in [0.2, 0.25) is 11.8 Å². The fraction of sp³-hybridized carbons (Fsp3) is 0.895. The summed E-state index contributed by atoms with van der Waals surface area (Å²) < 4.78 is 0. The van der Waals surface area contributed by atoms with E-state index in [-0.39, 0.29) is 17.7 Å². The molecule has 1 aliphatic heterocycles. The Kier molecular flexibility index (Phi) is 5.80. The van der Waals surface area contributed by atoms with Gasteiger partial charge in [0.15, 0.2) is 0 Å². The molecule has 2 atom stereocenters. The maximum Gasteiger partial charge on any atom is 0.225 e. The Bertz CT molecular complexity index is 446. The smallest absolute Gasteiger partial charge is 0.225 e. The van der Waals surface area contributed by atoms with Gasteiger partial charge in [0.1, 0.15) is 0 Å². The predicted octanol–water partition coefficient (Wildman–Crippen LogP) is 1.90. The van der Waals surface area contributed by atoms with Gasteiger partial charge in [-0.25, -0.2) is 0 Å². The third-order valence-electron chi connectivity index (χ3n) is 6.49. The molecule has 3 rings (SSSR count). The van der Waals surface area contributed by atoms with Crippen molar-refractivity contribution in [3.63, 3.8) is 0 Å². The van der Waals surface area contributed by atoms with Crippen LogP contribution >= 0.6 is 0 Å². The quantitative estimate of drug-likeness (QED) is 0.824. The van der Waals surface area contributed by atoms with Crippen molar-refractivity contribution in [3.05, 3.63) is 0 Å². The zero-order valence-electron chi connectivity index (χ0n) is 15.0. The van der Waals surface area contributed by atoms with E-state index >= 15 is 0 Å². The summed E-state index contributed by atoms with van der Waals surface area (Å²) in [6.07, 6.45) is 8.21. The number of fused-ring (bicyclic) bond motifs is 2. The van der Waals surface area contributed by atoms with Gasteiger partial charge < -0.3 is 16.0 Å². The third-order valence-corrected chi connectivity index (χ3v) is 6.49. The second kappa shape index (κ2) is 7.85. The topological polar surface area (TPSA) is 75.4 Å². The van der Waals surface area contributed by atoms with Crippen molar-refractivity contribution in [2.45, 2.75) is 64.3 Å². The number of piperidine rings is 1. The van der Waals surface area contributed by atoms with Crippen molar-refractivity contribution >= 4 is 11.8 Å². The Labute approximate surface area is 145 Å². The van der Waals surface area contributed by atoms with Crippen molar-refractivity contribution in [1.82, 2.24) is 10.2 Å². The number of hydrogen-bond acceptors (Lipinski definition) is 3. The Hall–Kier alpha value is -1.10. The molecule has 2 bridgehead atoms. The Morgan fingerprint density at radius 2 is 1.67 bits per heavy atom. The number of likely N-dealkylation sites (tertiary alicyclic amines) is 1. The number of nitrogens with zero attached hydrogens (tertiary/aromatic N) is 1. The molecule has 0 radical (unpaired) electrons. The van der Waals surface area contributed by atoms with Gasteiger partial charge in [-0.1, -0.05) is 13.3 Å². The number of carbonyl (C=O) groups is 2. The van der Waals surface area contributed by atoms with Gasteiger partial charge >= 0.3 is 0 Å². The molecule has 2 amide bonds. The number of hydrogen-bond donors (Lipinski definition) is 2. The van der Waals surface area contributed by atoms with Gasteiger partial charge in [0.25, 0.3) is 0 Å². The van der Waals surface area contributed by atoms with E-state index in [9.17, 15) is 9.59 Å². The molecule has 2 unspecified atom stereocenters. The lowest BCUT2D eigenvalue weighted by Crippen LogP contribution is -2.51. The minimum atomic E-state index is 0.0831. The highest BCUT2D eigenvalue weighted by atomic mass is 16.2. The van der Waals surface area contributed by atoms with Crippen LogP contribution in [0.1, 0.15) is 58.3 Å². The monoisotopic (exact) mass is 335 g/mol. The first kappa shape index (κ1) is 17.7. The highest BCUT2D eigenvalue weighted by molar-refractivity contribution is 5.81. The molecule has 5 heteroatoms. The van der Waals surface area contributed by atoms with E-state index < -0.39 is 0 Å². The fourth-order valence-electron chi connectivity index (χ4n) is 5.00. The summed E-state index contributed by atoms with van der Waals surface area (Å²) in [7, 11) is 0. The summed E-state index contributed by atoms with van der Waals surface area (Å²) in [4.78, 5) is 27.0. The van der Waals surface area contributed by atoms with Gasteiger partial charge in [-0.2, -0.15) is 0 Å². The molecule has 0 aromatic rings. The van der Waals surface area contributed by atoms with Crippen LogP contribution in [0.3, 0.4) is 0 Å². The standard InChI is InChI=1S/C19H33N3O2/c1-2-8-21-18(23)13-6-9-22(10-7-13)19(24)16-11-14-4-3-5-15(12-16)17(14)20/h13-17H,2-12,20H2,1H3,(H,21,23). The largest absolute Gasteiger partial charge is 0.356 e. The molecule has 5 nitrogen and oxygen atoms in total. The van der Waals surface area contributed by atoms with Crippen LogP contribution in [0.15, 0.2) is 0 Å². The van der Waals surface area contributed by atoms with Crippen molar-refractivity contribution in [3.8, 4) is 0 Å². The molecule has 3 fully saturated rings. The molecule has 3 aliphatic rings. The lowest BCUT2D eigenvalue weighted by Gasteiger charge is -2.45. The van der Waals surface area contributed by atoms with Crippen LogP contribution in [0.25, 0.3) is 0 Å². The van der Waals surface area contributed by atoms with Gasteiger partial charge in [-0.05, 0) is 56.8 Å². The summed E-state index contributed by atoms with van der Waals surface area (Å²) in [5.41, 5.74) is 6.35. The molecule has 0 aromatic heterocycles.